The van der Waals surface area contributed by atoms with Crippen molar-refractivity contribution in [3.63, 3.8) is 0 Å². The van der Waals surface area contributed by atoms with Gasteiger partial charge in [-0.25, -0.2) is 0 Å². The van der Waals surface area contributed by atoms with Gasteiger partial charge >= 0.3 is 0 Å². The quantitative estimate of drug-likeness (QED) is 0.707. The Labute approximate surface area is 103 Å². The normalized spacial score (nSPS) is 11.4. The number of hydrogen-bond acceptors (Lipinski definition) is 6. The van der Waals surface area contributed by atoms with Crippen molar-refractivity contribution in [1.82, 2.24) is 20.4 Å². The fraction of sp³-hybridized carbons (Fsp3) is 0.222. The summed E-state index contributed by atoms with van der Waals surface area (Å²) in [6.45, 7) is 1.21. The van der Waals surface area contributed by atoms with Crippen LogP contribution in [0.4, 0.5) is 5.82 Å². The standard InChI is InChI=1S/C9H11N5O3S/c1-6-7(5-15)9(13-11-6)18(16,17)14-8-3-2-4-10-12-8/h2-4,15H,5H2,1H3,(H,11,13)(H,12,14). The molecule has 0 saturated heterocycles. The molecule has 0 radical (unpaired) electrons. The van der Waals surface area contributed by atoms with Crippen LogP contribution in [-0.4, -0.2) is 33.9 Å². The molecule has 2 rings (SSSR count). The fourth-order valence-electron chi connectivity index (χ4n) is 1.38. The van der Waals surface area contributed by atoms with Crippen LogP contribution in [0.2, 0.25) is 0 Å². The number of H-pyrrole nitrogens is 1. The molecule has 0 amide bonds. The van der Waals surface area contributed by atoms with E-state index >= 15 is 0 Å². The smallest absolute Gasteiger partial charge is 0.282 e. The minimum absolute atomic E-state index is 0.0852. The Balaban J connectivity index is 2.37. The van der Waals surface area contributed by atoms with Crippen LogP contribution in [0.25, 0.3) is 0 Å². The van der Waals surface area contributed by atoms with Gasteiger partial charge < -0.3 is 5.11 Å². The molecule has 18 heavy (non-hydrogen) atoms. The number of anilines is 1. The molecule has 0 aromatic carbocycles. The molecule has 0 fully saturated rings. The Kier molecular flexibility index (Phi) is 3.26. The summed E-state index contributed by atoms with van der Waals surface area (Å²) in [5, 5.41) is 22.2. The minimum atomic E-state index is -3.89. The summed E-state index contributed by atoms with van der Waals surface area (Å²) in [7, 11) is -3.89. The number of aliphatic hydroxyl groups is 1. The fourth-order valence-corrected chi connectivity index (χ4v) is 2.57. The van der Waals surface area contributed by atoms with Crippen LogP contribution in [0.5, 0.6) is 0 Å². The summed E-state index contributed by atoms with van der Waals surface area (Å²) in [5.41, 5.74) is 0.725. The highest BCUT2D eigenvalue weighted by Crippen LogP contribution is 2.18. The van der Waals surface area contributed by atoms with E-state index in [9.17, 15) is 8.42 Å². The molecule has 2 aromatic rings. The average Bonchev–Trinajstić information content (AvgIpc) is 2.72. The first-order chi connectivity index (χ1) is 8.54. The maximum atomic E-state index is 12.0. The van der Waals surface area contributed by atoms with Crippen molar-refractivity contribution in [3.05, 3.63) is 29.6 Å². The van der Waals surface area contributed by atoms with Crippen LogP contribution in [-0.2, 0) is 16.6 Å². The van der Waals surface area contributed by atoms with E-state index in [1.54, 1.807) is 13.0 Å². The molecule has 2 aromatic heterocycles. The molecule has 2 heterocycles. The zero-order chi connectivity index (χ0) is 13.2. The van der Waals surface area contributed by atoms with Crippen molar-refractivity contribution in [1.29, 1.82) is 0 Å². The molecule has 0 saturated carbocycles. The maximum Gasteiger partial charge on any atom is 0.282 e. The van der Waals surface area contributed by atoms with Crippen LogP contribution in [0.1, 0.15) is 11.3 Å². The van der Waals surface area contributed by atoms with Gasteiger partial charge in [-0.05, 0) is 19.1 Å². The van der Waals surface area contributed by atoms with Crippen LogP contribution in [0, 0.1) is 6.92 Å². The summed E-state index contributed by atoms with van der Waals surface area (Å²) < 4.78 is 26.3. The number of nitrogens with zero attached hydrogens (tertiary/aromatic N) is 3. The number of nitrogens with one attached hydrogen (secondary N) is 2. The molecule has 0 aliphatic carbocycles. The number of rotatable bonds is 4. The summed E-state index contributed by atoms with van der Waals surface area (Å²) in [6, 6.07) is 3.01. The summed E-state index contributed by atoms with van der Waals surface area (Å²) in [6.07, 6.45) is 1.43. The van der Waals surface area contributed by atoms with E-state index in [1.807, 2.05) is 0 Å². The van der Waals surface area contributed by atoms with E-state index in [2.05, 4.69) is 25.1 Å². The molecule has 0 spiro atoms. The van der Waals surface area contributed by atoms with Gasteiger partial charge in [-0.1, -0.05) is 0 Å². The van der Waals surface area contributed by atoms with E-state index in [-0.39, 0.29) is 16.4 Å². The molecule has 9 heteroatoms. The first-order valence-electron chi connectivity index (χ1n) is 5.00. The molecule has 0 aliphatic heterocycles. The first kappa shape index (κ1) is 12.5. The molecule has 0 bridgehead atoms. The van der Waals surface area contributed by atoms with Gasteiger partial charge in [0, 0.05) is 17.5 Å². The van der Waals surface area contributed by atoms with Gasteiger partial charge in [0.1, 0.15) is 0 Å². The van der Waals surface area contributed by atoms with Gasteiger partial charge in [-0.3, -0.25) is 9.82 Å². The second kappa shape index (κ2) is 4.70. The van der Waals surface area contributed by atoms with Crippen molar-refractivity contribution in [3.8, 4) is 0 Å². The molecule has 0 unspecified atom stereocenters. The number of hydrogen-bond donors (Lipinski definition) is 3. The molecule has 8 nitrogen and oxygen atoms in total. The Morgan fingerprint density at radius 3 is 2.89 bits per heavy atom. The number of aromatic amines is 1. The molecule has 0 atom stereocenters. The highest BCUT2D eigenvalue weighted by Gasteiger charge is 2.23. The van der Waals surface area contributed by atoms with Gasteiger partial charge in [0.25, 0.3) is 10.0 Å². The topological polar surface area (TPSA) is 121 Å². The predicted octanol–water partition coefficient (Wildman–Crippen LogP) is -0.199. The predicted molar refractivity (Wildman–Crippen MR) is 62.1 cm³/mol. The largest absolute Gasteiger partial charge is 0.392 e. The lowest BCUT2D eigenvalue weighted by molar-refractivity contribution is 0.277. The first-order valence-corrected chi connectivity index (χ1v) is 6.48. The Bertz CT molecular complexity index is 637. The van der Waals surface area contributed by atoms with Gasteiger partial charge in [0.15, 0.2) is 5.82 Å². The van der Waals surface area contributed by atoms with Crippen molar-refractivity contribution < 1.29 is 13.5 Å². The lowest BCUT2D eigenvalue weighted by Gasteiger charge is -2.05. The summed E-state index contributed by atoms with van der Waals surface area (Å²) in [5.74, 6) is 0.0852. The van der Waals surface area contributed by atoms with Crippen molar-refractivity contribution in [2.75, 3.05) is 4.72 Å². The maximum absolute atomic E-state index is 12.0. The number of aliphatic hydroxyl groups excluding tert-OH is 1. The molecular formula is C9H11N5O3S. The average molecular weight is 269 g/mol. The Hall–Kier alpha value is -2.00. The van der Waals surface area contributed by atoms with Crippen LogP contribution in [0.3, 0.4) is 0 Å². The molecule has 0 aliphatic rings. The lowest BCUT2D eigenvalue weighted by Crippen LogP contribution is -2.16. The third-order valence-corrected chi connectivity index (χ3v) is 3.58. The highest BCUT2D eigenvalue weighted by molar-refractivity contribution is 7.92. The molecule has 3 N–H and O–H groups in total. The highest BCUT2D eigenvalue weighted by atomic mass is 32.2. The second-order valence-corrected chi connectivity index (χ2v) is 5.10. The van der Waals surface area contributed by atoms with Crippen molar-refractivity contribution in [2.24, 2.45) is 0 Å². The van der Waals surface area contributed by atoms with E-state index in [0.717, 1.165) is 0 Å². The number of sulfonamides is 1. The summed E-state index contributed by atoms with van der Waals surface area (Å²) >= 11 is 0. The van der Waals surface area contributed by atoms with Crippen molar-refractivity contribution >= 4 is 15.8 Å². The Morgan fingerprint density at radius 1 is 1.50 bits per heavy atom. The van der Waals surface area contributed by atoms with Gasteiger partial charge in [-0.2, -0.15) is 18.6 Å². The van der Waals surface area contributed by atoms with Gasteiger partial charge in [0.2, 0.25) is 5.03 Å². The zero-order valence-electron chi connectivity index (χ0n) is 9.45. The molecular weight excluding hydrogens is 258 g/mol. The van der Waals surface area contributed by atoms with E-state index < -0.39 is 16.6 Å². The molecule has 96 valence electrons. The van der Waals surface area contributed by atoms with E-state index in [4.69, 9.17) is 5.11 Å². The van der Waals surface area contributed by atoms with Gasteiger partial charge in [-0.15, -0.1) is 5.10 Å². The summed E-state index contributed by atoms with van der Waals surface area (Å²) in [4.78, 5) is 0. The third-order valence-electron chi connectivity index (χ3n) is 2.26. The zero-order valence-corrected chi connectivity index (χ0v) is 10.3. The second-order valence-electron chi connectivity index (χ2n) is 3.50. The number of aromatic nitrogens is 4. The van der Waals surface area contributed by atoms with E-state index in [0.29, 0.717) is 5.69 Å². The van der Waals surface area contributed by atoms with Gasteiger partial charge in [0.05, 0.1) is 6.61 Å². The minimum Gasteiger partial charge on any atom is -0.392 e. The lowest BCUT2D eigenvalue weighted by atomic mass is 10.3. The van der Waals surface area contributed by atoms with E-state index in [1.165, 1.54) is 12.3 Å². The monoisotopic (exact) mass is 269 g/mol. The SMILES string of the molecule is Cc1[nH]nc(S(=O)(=O)Nc2cccnn2)c1CO. The number of aryl methyl sites for hydroxylation is 1. The Morgan fingerprint density at radius 2 is 2.28 bits per heavy atom. The van der Waals surface area contributed by atoms with Crippen molar-refractivity contribution in [2.45, 2.75) is 18.6 Å². The third kappa shape index (κ3) is 2.31. The van der Waals surface area contributed by atoms with Crippen LogP contribution < -0.4 is 4.72 Å². The van der Waals surface area contributed by atoms with Crippen LogP contribution in [0.15, 0.2) is 23.4 Å². The van der Waals surface area contributed by atoms with Crippen LogP contribution >= 0.6 is 0 Å².